The Morgan fingerprint density at radius 1 is 1.16 bits per heavy atom. The number of hydrogen-bond acceptors (Lipinski definition) is 5. The highest BCUT2D eigenvalue weighted by Crippen LogP contribution is 2.22. The summed E-state index contributed by atoms with van der Waals surface area (Å²) in [5, 5.41) is 31.5. The second kappa shape index (κ2) is 6.51. The lowest BCUT2D eigenvalue weighted by molar-refractivity contribution is -0.384. The summed E-state index contributed by atoms with van der Waals surface area (Å²) in [6.45, 7) is 0. The van der Waals surface area contributed by atoms with Crippen LogP contribution in [-0.4, -0.2) is 14.7 Å². The van der Waals surface area contributed by atoms with Crippen molar-refractivity contribution in [2.24, 2.45) is 0 Å². The predicted molar refractivity (Wildman–Crippen MR) is 93.6 cm³/mol. The lowest BCUT2D eigenvalue weighted by Crippen LogP contribution is -2.25. The van der Waals surface area contributed by atoms with Crippen molar-refractivity contribution in [2.75, 3.05) is 0 Å². The number of rotatable bonds is 3. The van der Waals surface area contributed by atoms with Crippen molar-refractivity contribution in [3.63, 3.8) is 0 Å². The first-order valence-corrected chi connectivity index (χ1v) is 7.58. The molecule has 0 radical (unpaired) electrons. The Morgan fingerprint density at radius 2 is 1.80 bits per heavy atom. The number of H-pyrrole nitrogens is 1. The van der Waals surface area contributed by atoms with Gasteiger partial charge in [-0.3, -0.25) is 20.6 Å². The molecule has 2 aromatic carbocycles. The molecule has 122 valence electrons. The first-order chi connectivity index (χ1) is 12.0. The summed E-state index contributed by atoms with van der Waals surface area (Å²) in [7, 11) is 0. The maximum Gasteiger partial charge on any atom is 0.269 e. The molecule has 1 aromatic heterocycles. The number of nitro groups is 1. The van der Waals surface area contributed by atoms with Crippen LogP contribution in [-0.2, 0) is 0 Å². The van der Waals surface area contributed by atoms with Crippen LogP contribution in [0.25, 0.3) is 16.8 Å². The summed E-state index contributed by atoms with van der Waals surface area (Å²) in [5.41, 5.74) is 1.69. The van der Waals surface area contributed by atoms with E-state index in [1.807, 2.05) is 36.4 Å². The lowest BCUT2D eigenvalue weighted by Gasteiger charge is -2.12. The average molecular weight is 349 g/mol. The van der Waals surface area contributed by atoms with Crippen LogP contribution < -0.4 is 5.49 Å². The van der Waals surface area contributed by atoms with Gasteiger partial charge in [0.2, 0.25) is 0 Å². The van der Waals surface area contributed by atoms with Crippen LogP contribution in [0.15, 0.2) is 54.6 Å². The van der Waals surface area contributed by atoms with Crippen molar-refractivity contribution in [3.8, 4) is 22.9 Å². The smallest absolute Gasteiger partial charge is 0.269 e. The number of nitro benzene ring substituents is 1. The van der Waals surface area contributed by atoms with E-state index in [2.05, 4.69) is 5.10 Å². The largest absolute Gasteiger partial charge is 0.282 e. The molecule has 0 unspecified atom stereocenters. The zero-order valence-electron chi connectivity index (χ0n) is 12.8. The lowest BCUT2D eigenvalue weighted by atomic mass is 10.0. The van der Waals surface area contributed by atoms with Crippen LogP contribution in [0.5, 0.6) is 0 Å². The molecule has 0 aliphatic heterocycles. The summed E-state index contributed by atoms with van der Waals surface area (Å²) < 4.78 is 1.63. The van der Waals surface area contributed by atoms with Gasteiger partial charge in [-0.15, -0.1) is 0 Å². The van der Waals surface area contributed by atoms with Gasteiger partial charge in [0, 0.05) is 17.7 Å². The molecule has 1 heterocycles. The molecule has 8 heteroatoms. The van der Waals surface area contributed by atoms with Crippen molar-refractivity contribution in [1.82, 2.24) is 9.78 Å². The maximum absolute atomic E-state index is 10.8. The van der Waals surface area contributed by atoms with E-state index < -0.39 is 4.92 Å². The highest BCUT2D eigenvalue weighted by Gasteiger charge is 2.14. The molecule has 3 rings (SSSR count). The zero-order chi connectivity index (χ0) is 18.0. The van der Waals surface area contributed by atoms with Crippen molar-refractivity contribution in [2.45, 2.75) is 0 Å². The van der Waals surface area contributed by atoms with Crippen molar-refractivity contribution < 1.29 is 4.92 Å². The van der Waals surface area contributed by atoms with Gasteiger partial charge in [0.25, 0.3) is 5.69 Å². The molecule has 0 fully saturated rings. The number of nitrogens with one attached hydrogen (secondary N) is 2. The fourth-order valence-electron chi connectivity index (χ4n) is 2.46. The predicted octanol–water partition coefficient (Wildman–Crippen LogP) is 3.46. The van der Waals surface area contributed by atoms with E-state index in [1.165, 1.54) is 28.9 Å². The Kier molecular flexibility index (Phi) is 4.24. The molecule has 0 amide bonds. The third kappa shape index (κ3) is 2.96. The maximum atomic E-state index is 10.8. The number of hydrogen-bond donors (Lipinski definition) is 2. The van der Waals surface area contributed by atoms with Gasteiger partial charge in [-0.2, -0.15) is 5.26 Å². The Balaban J connectivity index is 2.23. The first-order valence-electron chi connectivity index (χ1n) is 7.17. The highest BCUT2D eigenvalue weighted by atomic mass is 32.1. The number of benzene rings is 2. The van der Waals surface area contributed by atoms with Crippen molar-refractivity contribution in [1.29, 1.82) is 10.7 Å². The molecule has 0 atom stereocenters. The third-order valence-corrected chi connectivity index (χ3v) is 3.94. The summed E-state index contributed by atoms with van der Waals surface area (Å²) >= 11 is 5.38. The van der Waals surface area contributed by atoms with E-state index in [0.29, 0.717) is 15.9 Å². The molecule has 3 aromatic rings. The van der Waals surface area contributed by atoms with Crippen molar-refractivity contribution in [3.05, 3.63) is 80.4 Å². The van der Waals surface area contributed by atoms with Crippen LogP contribution in [0.4, 0.5) is 5.69 Å². The van der Waals surface area contributed by atoms with Gasteiger partial charge in [-0.1, -0.05) is 42.5 Å². The molecule has 0 spiro atoms. The van der Waals surface area contributed by atoms with Crippen LogP contribution in [0, 0.1) is 31.5 Å². The van der Waals surface area contributed by atoms with Gasteiger partial charge in [0.15, 0.2) is 5.49 Å². The number of nitriles is 1. The Morgan fingerprint density at radius 3 is 2.36 bits per heavy atom. The van der Waals surface area contributed by atoms with E-state index in [4.69, 9.17) is 17.6 Å². The van der Waals surface area contributed by atoms with Gasteiger partial charge < -0.3 is 0 Å². The minimum Gasteiger partial charge on any atom is -0.282 e. The zero-order valence-corrected chi connectivity index (χ0v) is 13.6. The van der Waals surface area contributed by atoms with Crippen molar-refractivity contribution >= 4 is 17.9 Å². The number of aromatic nitrogens is 2. The summed E-state index contributed by atoms with van der Waals surface area (Å²) in [4.78, 5) is 10.3. The van der Waals surface area contributed by atoms with Crippen LogP contribution in [0.3, 0.4) is 0 Å². The normalized spacial score (nSPS) is 10.2. The Bertz CT molecular complexity index is 1110. The first kappa shape index (κ1) is 16.3. The van der Waals surface area contributed by atoms with E-state index >= 15 is 0 Å². The summed E-state index contributed by atoms with van der Waals surface area (Å²) in [6, 6.07) is 16.8. The fraction of sp³-hybridized carbons (Fsp3) is 0. The molecule has 7 nitrogen and oxygen atoms in total. The topological polar surface area (TPSA) is 112 Å². The summed E-state index contributed by atoms with van der Waals surface area (Å²) in [6.07, 6.45) is 0. The fourth-order valence-corrected chi connectivity index (χ4v) is 2.77. The highest BCUT2D eigenvalue weighted by molar-refractivity contribution is 7.71. The SMILES string of the molecule is N#Cc1c(-c2ccccc2)c(=S)[nH]n(-c2ccc([N+](=O)[O-])cc2)c1=N. The molecular formula is C17H11N5O2S. The standard InChI is InChI=1S/C17H11N5O2S/c18-10-14-15(11-4-2-1-3-5-11)17(25)20-21(16(14)19)12-6-8-13(9-7-12)22(23)24/h1-9,19H,(H,20,25). The minimum atomic E-state index is -0.502. The van der Waals surface area contributed by atoms with E-state index in [9.17, 15) is 15.4 Å². The van der Waals surface area contributed by atoms with Crippen LogP contribution >= 0.6 is 12.2 Å². The molecule has 25 heavy (non-hydrogen) atoms. The van der Waals surface area contributed by atoms with E-state index in [0.717, 1.165) is 5.56 Å². The number of nitrogens with zero attached hydrogens (tertiary/aromatic N) is 3. The van der Waals surface area contributed by atoms with Crippen LogP contribution in [0.1, 0.15) is 5.56 Å². The van der Waals surface area contributed by atoms with Gasteiger partial charge in [0.05, 0.1) is 10.6 Å². The summed E-state index contributed by atoms with van der Waals surface area (Å²) in [5.74, 6) is 0. The minimum absolute atomic E-state index is 0.0594. The monoisotopic (exact) mass is 349 g/mol. The average Bonchev–Trinajstić information content (AvgIpc) is 2.63. The molecule has 0 bridgehead atoms. The molecule has 0 saturated heterocycles. The van der Waals surface area contributed by atoms with Crippen LogP contribution in [0.2, 0.25) is 0 Å². The van der Waals surface area contributed by atoms with E-state index in [-0.39, 0.29) is 16.7 Å². The number of non-ortho nitro benzene ring substituents is 1. The second-order valence-electron chi connectivity index (χ2n) is 5.13. The molecular weight excluding hydrogens is 338 g/mol. The third-order valence-electron chi connectivity index (χ3n) is 3.64. The second-order valence-corrected chi connectivity index (χ2v) is 5.53. The molecule has 2 N–H and O–H groups in total. The van der Waals surface area contributed by atoms with E-state index in [1.54, 1.807) is 0 Å². The number of aromatic amines is 1. The quantitative estimate of drug-likeness (QED) is 0.428. The van der Waals surface area contributed by atoms with Gasteiger partial charge >= 0.3 is 0 Å². The Labute approximate surface area is 147 Å². The molecule has 0 saturated carbocycles. The molecule has 0 aliphatic carbocycles. The molecule has 0 aliphatic rings. The Hall–Kier alpha value is -3.57. The van der Waals surface area contributed by atoms with Gasteiger partial charge in [0.1, 0.15) is 16.3 Å². The van der Waals surface area contributed by atoms with Gasteiger partial charge in [-0.05, 0) is 17.7 Å². The van der Waals surface area contributed by atoms with Gasteiger partial charge in [-0.25, -0.2) is 4.68 Å².